The summed E-state index contributed by atoms with van der Waals surface area (Å²) in [5.41, 5.74) is 4.76. The van der Waals surface area contributed by atoms with Gasteiger partial charge in [-0.2, -0.15) is 0 Å². The summed E-state index contributed by atoms with van der Waals surface area (Å²) in [5.74, 6) is 0.612. The first-order valence-corrected chi connectivity index (χ1v) is 8.53. The van der Waals surface area contributed by atoms with Gasteiger partial charge in [-0.15, -0.1) is 0 Å². The molecule has 0 aliphatic carbocycles. The molecule has 128 valence electrons. The highest BCUT2D eigenvalue weighted by Gasteiger charge is 2.18. The van der Waals surface area contributed by atoms with Crippen LogP contribution in [-0.2, 0) is 11.2 Å². The Kier molecular flexibility index (Phi) is 6.02. The van der Waals surface area contributed by atoms with E-state index in [2.05, 4.69) is 43.4 Å². The van der Waals surface area contributed by atoms with Crippen LogP contribution in [0.15, 0.2) is 42.5 Å². The zero-order chi connectivity index (χ0) is 17.7. The second-order valence-electron chi connectivity index (χ2n) is 6.33. The van der Waals surface area contributed by atoms with Crippen LogP contribution >= 0.6 is 0 Å². The number of carbonyl (C=O) groups excluding carboxylic acids is 1. The Bertz CT molecular complexity index is 691. The van der Waals surface area contributed by atoms with Crippen molar-refractivity contribution in [2.24, 2.45) is 0 Å². The zero-order valence-electron chi connectivity index (χ0n) is 15.2. The van der Waals surface area contributed by atoms with Gasteiger partial charge in [0, 0.05) is 0 Å². The molecule has 1 N–H and O–H groups in total. The van der Waals surface area contributed by atoms with E-state index in [0.29, 0.717) is 0 Å². The normalized spacial score (nSPS) is 13.2. The van der Waals surface area contributed by atoms with Crippen LogP contribution in [0.4, 0.5) is 0 Å². The van der Waals surface area contributed by atoms with Crippen molar-refractivity contribution in [3.05, 3.63) is 64.7 Å². The smallest absolute Gasteiger partial charge is 0.261 e. The summed E-state index contributed by atoms with van der Waals surface area (Å²) in [7, 11) is 0. The Labute approximate surface area is 145 Å². The van der Waals surface area contributed by atoms with Gasteiger partial charge >= 0.3 is 0 Å². The molecule has 0 aromatic heterocycles. The highest BCUT2D eigenvalue weighted by molar-refractivity contribution is 5.81. The minimum absolute atomic E-state index is 0.0470. The van der Waals surface area contributed by atoms with Crippen molar-refractivity contribution < 1.29 is 9.53 Å². The molecule has 0 saturated carbocycles. The number of aryl methyl sites for hydroxylation is 3. The number of benzene rings is 2. The summed E-state index contributed by atoms with van der Waals surface area (Å²) in [6.07, 6.45) is 0.478. The number of carbonyl (C=O) groups is 1. The molecule has 2 aromatic carbocycles. The molecule has 3 heteroatoms. The van der Waals surface area contributed by atoms with Gasteiger partial charge in [-0.05, 0) is 68.5 Å². The zero-order valence-corrected chi connectivity index (χ0v) is 15.2. The van der Waals surface area contributed by atoms with Crippen LogP contribution in [0.2, 0.25) is 0 Å². The largest absolute Gasteiger partial charge is 0.481 e. The number of hydrogen-bond donors (Lipinski definition) is 1. The number of amides is 1. The number of hydrogen-bond acceptors (Lipinski definition) is 2. The van der Waals surface area contributed by atoms with Crippen LogP contribution in [0, 0.1) is 13.8 Å². The van der Waals surface area contributed by atoms with E-state index >= 15 is 0 Å². The minimum atomic E-state index is -0.538. The molecule has 1 amide bonds. The van der Waals surface area contributed by atoms with Crippen LogP contribution in [0.3, 0.4) is 0 Å². The number of nitrogens with one attached hydrogen (secondary N) is 1. The monoisotopic (exact) mass is 325 g/mol. The molecule has 0 aliphatic rings. The van der Waals surface area contributed by atoms with Gasteiger partial charge in [-0.1, -0.05) is 37.3 Å². The molecule has 0 heterocycles. The van der Waals surface area contributed by atoms with E-state index < -0.39 is 6.10 Å². The Morgan fingerprint density at radius 3 is 2.29 bits per heavy atom. The lowest BCUT2D eigenvalue weighted by molar-refractivity contribution is -0.127. The van der Waals surface area contributed by atoms with Crippen molar-refractivity contribution >= 4 is 5.91 Å². The molecule has 2 atom stereocenters. The first-order chi connectivity index (χ1) is 11.4. The minimum Gasteiger partial charge on any atom is -0.481 e. The van der Waals surface area contributed by atoms with E-state index in [9.17, 15) is 4.79 Å². The lowest BCUT2D eigenvalue weighted by atomic mass is 10.0. The van der Waals surface area contributed by atoms with Crippen LogP contribution < -0.4 is 10.1 Å². The Morgan fingerprint density at radius 1 is 1.04 bits per heavy atom. The van der Waals surface area contributed by atoms with Gasteiger partial charge in [0.2, 0.25) is 0 Å². The molecule has 2 rings (SSSR count). The van der Waals surface area contributed by atoms with Crippen molar-refractivity contribution in [1.82, 2.24) is 5.32 Å². The van der Waals surface area contributed by atoms with Crippen molar-refractivity contribution in [3.8, 4) is 5.75 Å². The maximum absolute atomic E-state index is 12.4. The quantitative estimate of drug-likeness (QED) is 0.848. The van der Waals surface area contributed by atoms with Crippen LogP contribution in [-0.4, -0.2) is 12.0 Å². The molecule has 0 unspecified atom stereocenters. The summed E-state index contributed by atoms with van der Waals surface area (Å²) in [4.78, 5) is 12.4. The molecular weight excluding hydrogens is 298 g/mol. The molecule has 0 radical (unpaired) electrons. The van der Waals surface area contributed by atoms with Gasteiger partial charge in [0.15, 0.2) is 6.10 Å². The van der Waals surface area contributed by atoms with E-state index in [1.165, 1.54) is 11.1 Å². The van der Waals surface area contributed by atoms with Gasteiger partial charge in [0.25, 0.3) is 5.91 Å². The maximum atomic E-state index is 12.4. The lowest BCUT2D eigenvalue weighted by Crippen LogP contribution is -2.37. The van der Waals surface area contributed by atoms with E-state index in [1.807, 2.05) is 32.0 Å². The van der Waals surface area contributed by atoms with Gasteiger partial charge in [0.05, 0.1) is 6.04 Å². The SMILES string of the molecule is CCc1ccc([C@H](C)NC(=O)[C@@H](C)Oc2ccc(C)c(C)c2)cc1. The number of ether oxygens (including phenoxy) is 1. The van der Waals surface area contributed by atoms with Crippen molar-refractivity contribution in [2.75, 3.05) is 0 Å². The predicted molar refractivity (Wildman–Crippen MR) is 98.4 cm³/mol. The molecule has 3 nitrogen and oxygen atoms in total. The Morgan fingerprint density at radius 2 is 1.71 bits per heavy atom. The molecule has 0 fully saturated rings. The fraction of sp³-hybridized carbons (Fsp3) is 0.381. The molecule has 0 aliphatic heterocycles. The van der Waals surface area contributed by atoms with Gasteiger partial charge < -0.3 is 10.1 Å². The summed E-state index contributed by atoms with van der Waals surface area (Å²) in [5, 5.41) is 3.02. The molecule has 2 aromatic rings. The van der Waals surface area contributed by atoms with Crippen molar-refractivity contribution in [3.63, 3.8) is 0 Å². The topological polar surface area (TPSA) is 38.3 Å². The standard InChI is InChI=1S/C21H27NO2/c1-6-18-8-10-19(11-9-18)16(4)22-21(23)17(5)24-20-12-7-14(2)15(3)13-20/h7-13,16-17H,6H2,1-5H3,(H,22,23)/t16-,17+/m0/s1. The Balaban J connectivity index is 1.95. The third-order valence-corrected chi connectivity index (χ3v) is 4.41. The summed E-state index contributed by atoms with van der Waals surface area (Å²) >= 11 is 0. The second-order valence-corrected chi connectivity index (χ2v) is 6.33. The highest BCUT2D eigenvalue weighted by Crippen LogP contribution is 2.18. The third kappa shape index (κ3) is 4.60. The summed E-state index contributed by atoms with van der Waals surface area (Å²) < 4.78 is 5.77. The maximum Gasteiger partial charge on any atom is 0.261 e. The van der Waals surface area contributed by atoms with Crippen molar-refractivity contribution in [2.45, 2.75) is 53.2 Å². The lowest BCUT2D eigenvalue weighted by Gasteiger charge is -2.19. The first-order valence-electron chi connectivity index (χ1n) is 8.53. The van der Waals surface area contributed by atoms with Crippen molar-refractivity contribution in [1.29, 1.82) is 0 Å². The average Bonchev–Trinajstić information content (AvgIpc) is 2.58. The Hall–Kier alpha value is -2.29. The van der Waals surface area contributed by atoms with E-state index in [0.717, 1.165) is 23.3 Å². The van der Waals surface area contributed by atoms with Crippen LogP contribution in [0.5, 0.6) is 5.75 Å². The van der Waals surface area contributed by atoms with Gasteiger partial charge in [0.1, 0.15) is 5.75 Å². The van der Waals surface area contributed by atoms with Gasteiger partial charge in [-0.3, -0.25) is 4.79 Å². The van der Waals surface area contributed by atoms with E-state index in [1.54, 1.807) is 6.92 Å². The molecular formula is C21H27NO2. The molecule has 0 saturated heterocycles. The average molecular weight is 325 g/mol. The fourth-order valence-electron chi connectivity index (χ4n) is 2.50. The summed E-state index contributed by atoms with van der Waals surface area (Å²) in [6.45, 7) is 9.99. The fourth-order valence-corrected chi connectivity index (χ4v) is 2.50. The predicted octanol–water partition coefficient (Wildman–Crippen LogP) is 4.51. The highest BCUT2D eigenvalue weighted by atomic mass is 16.5. The first kappa shape index (κ1) is 18.1. The molecule has 0 spiro atoms. The van der Waals surface area contributed by atoms with E-state index in [-0.39, 0.29) is 11.9 Å². The summed E-state index contributed by atoms with van der Waals surface area (Å²) in [6, 6.07) is 14.2. The number of rotatable bonds is 6. The second kappa shape index (κ2) is 8.00. The third-order valence-electron chi connectivity index (χ3n) is 4.41. The van der Waals surface area contributed by atoms with Crippen LogP contribution in [0.1, 0.15) is 49.1 Å². The van der Waals surface area contributed by atoms with Crippen LogP contribution in [0.25, 0.3) is 0 Å². The molecule has 0 bridgehead atoms. The van der Waals surface area contributed by atoms with E-state index in [4.69, 9.17) is 4.74 Å². The molecule has 24 heavy (non-hydrogen) atoms. The van der Waals surface area contributed by atoms with Gasteiger partial charge in [-0.25, -0.2) is 0 Å².